The molecule has 0 N–H and O–H groups in total. The number of hydrogen-bond donors (Lipinski definition) is 0. The Hall–Kier alpha value is -2.69. The van der Waals surface area contributed by atoms with Crippen molar-refractivity contribution in [2.45, 2.75) is 53.1 Å². The van der Waals surface area contributed by atoms with E-state index in [1.54, 1.807) is 0 Å². The van der Waals surface area contributed by atoms with Crippen molar-refractivity contribution in [3.63, 3.8) is 0 Å². The number of rotatable bonds is 3. The van der Waals surface area contributed by atoms with E-state index in [9.17, 15) is 4.79 Å². The molecule has 0 radical (unpaired) electrons. The van der Waals surface area contributed by atoms with Crippen molar-refractivity contribution in [1.82, 2.24) is 19.7 Å². The molecule has 3 aromatic rings. The van der Waals surface area contributed by atoms with Gasteiger partial charge in [0.2, 0.25) is 0 Å². The summed E-state index contributed by atoms with van der Waals surface area (Å²) in [5, 5.41) is 5.32. The van der Waals surface area contributed by atoms with Crippen molar-refractivity contribution in [1.29, 1.82) is 0 Å². The van der Waals surface area contributed by atoms with Gasteiger partial charge in [-0.2, -0.15) is 5.10 Å². The molecule has 1 aromatic carbocycles. The summed E-state index contributed by atoms with van der Waals surface area (Å²) in [5.74, 6) is 0.113. The zero-order valence-electron chi connectivity index (χ0n) is 16.5. The molecule has 1 atom stereocenters. The van der Waals surface area contributed by atoms with Crippen LogP contribution in [-0.2, 0) is 6.54 Å². The Morgan fingerprint density at radius 2 is 2.07 bits per heavy atom. The van der Waals surface area contributed by atoms with Gasteiger partial charge in [0.15, 0.2) is 0 Å². The third-order valence-electron chi connectivity index (χ3n) is 5.55. The predicted molar refractivity (Wildman–Crippen MR) is 108 cm³/mol. The van der Waals surface area contributed by atoms with Crippen LogP contribution in [-0.4, -0.2) is 38.2 Å². The van der Waals surface area contributed by atoms with Crippen LogP contribution in [0, 0.1) is 13.8 Å². The first kappa shape index (κ1) is 17.7. The van der Waals surface area contributed by atoms with Gasteiger partial charge in [-0.05, 0) is 58.2 Å². The second-order valence-electron chi connectivity index (χ2n) is 7.61. The summed E-state index contributed by atoms with van der Waals surface area (Å²) in [4.78, 5) is 20.3. The fourth-order valence-corrected chi connectivity index (χ4v) is 4.06. The molecule has 3 heterocycles. The predicted octanol–water partition coefficient (Wildman–Crippen LogP) is 4.36. The quantitative estimate of drug-likeness (QED) is 0.696. The molecule has 0 bridgehead atoms. The van der Waals surface area contributed by atoms with E-state index < -0.39 is 0 Å². The zero-order chi connectivity index (χ0) is 19.1. The lowest BCUT2D eigenvalue weighted by Crippen LogP contribution is -2.33. The van der Waals surface area contributed by atoms with Crippen LogP contribution in [0.15, 0.2) is 30.6 Å². The molecular formula is C22H26N4O. The van der Waals surface area contributed by atoms with Gasteiger partial charge in [0.1, 0.15) is 0 Å². The highest BCUT2D eigenvalue weighted by atomic mass is 16.2. The van der Waals surface area contributed by atoms with Gasteiger partial charge in [0.05, 0.1) is 23.0 Å². The minimum atomic E-state index is 0.113. The number of likely N-dealkylation sites (tertiary alicyclic amines) is 1. The molecular weight excluding hydrogens is 336 g/mol. The number of hydrogen-bond acceptors (Lipinski definition) is 3. The Morgan fingerprint density at radius 1 is 1.26 bits per heavy atom. The zero-order valence-corrected chi connectivity index (χ0v) is 16.5. The average Bonchev–Trinajstić information content (AvgIpc) is 3.29. The molecule has 0 spiro atoms. The molecule has 0 unspecified atom stereocenters. The largest absolute Gasteiger partial charge is 0.336 e. The number of fused-ring (bicyclic) bond motifs is 1. The maximum absolute atomic E-state index is 13.4. The van der Waals surface area contributed by atoms with Gasteiger partial charge in [-0.3, -0.25) is 9.48 Å². The van der Waals surface area contributed by atoms with E-state index in [2.05, 4.69) is 44.9 Å². The maximum Gasteiger partial charge on any atom is 0.254 e. The van der Waals surface area contributed by atoms with Crippen LogP contribution in [0.5, 0.6) is 0 Å². The Kier molecular flexibility index (Phi) is 4.46. The third kappa shape index (κ3) is 3.11. The van der Waals surface area contributed by atoms with Crippen LogP contribution in [0.1, 0.15) is 48.2 Å². The highest BCUT2D eigenvalue weighted by Crippen LogP contribution is 2.30. The number of aryl methyl sites for hydroxylation is 3. The number of carbonyl (C=O) groups excluding carboxylic acids is 1. The first-order valence-electron chi connectivity index (χ1n) is 9.73. The number of aromatic nitrogens is 3. The lowest BCUT2D eigenvalue weighted by Gasteiger charge is -2.23. The Morgan fingerprint density at radius 3 is 2.74 bits per heavy atom. The van der Waals surface area contributed by atoms with Gasteiger partial charge in [-0.1, -0.05) is 11.6 Å². The molecule has 5 nitrogen and oxygen atoms in total. The van der Waals surface area contributed by atoms with E-state index in [0.29, 0.717) is 0 Å². The van der Waals surface area contributed by atoms with Crippen molar-refractivity contribution in [2.24, 2.45) is 0 Å². The summed E-state index contributed by atoms with van der Waals surface area (Å²) >= 11 is 0. The number of pyridine rings is 1. The summed E-state index contributed by atoms with van der Waals surface area (Å²) < 4.78 is 1.88. The van der Waals surface area contributed by atoms with Gasteiger partial charge in [-0.15, -0.1) is 0 Å². The second kappa shape index (κ2) is 6.80. The highest BCUT2D eigenvalue weighted by Gasteiger charge is 2.28. The molecule has 0 aliphatic carbocycles. The number of carbonyl (C=O) groups is 1. The van der Waals surface area contributed by atoms with Crippen molar-refractivity contribution >= 4 is 16.8 Å². The molecule has 1 fully saturated rings. The fourth-order valence-electron chi connectivity index (χ4n) is 4.06. The molecule has 0 saturated carbocycles. The fraction of sp³-hybridized carbons (Fsp3) is 0.409. The minimum Gasteiger partial charge on any atom is -0.336 e. The number of amides is 1. The van der Waals surface area contributed by atoms with E-state index in [4.69, 9.17) is 4.98 Å². The van der Waals surface area contributed by atoms with Crippen LogP contribution < -0.4 is 0 Å². The van der Waals surface area contributed by atoms with E-state index in [-0.39, 0.29) is 11.9 Å². The maximum atomic E-state index is 13.4. The van der Waals surface area contributed by atoms with E-state index in [0.717, 1.165) is 64.8 Å². The summed E-state index contributed by atoms with van der Waals surface area (Å²) in [6, 6.07) is 6.45. The molecule has 1 amide bonds. The first-order chi connectivity index (χ1) is 13.0. The van der Waals surface area contributed by atoms with Crippen molar-refractivity contribution in [3.8, 4) is 11.3 Å². The molecule has 140 valence electrons. The molecule has 1 saturated heterocycles. The van der Waals surface area contributed by atoms with E-state index >= 15 is 0 Å². The van der Waals surface area contributed by atoms with Crippen molar-refractivity contribution < 1.29 is 4.79 Å². The molecule has 5 heteroatoms. The monoisotopic (exact) mass is 362 g/mol. The normalized spacial score (nSPS) is 17.0. The first-order valence-corrected chi connectivity index (χ1v) is 9.73. The molecule has 1 aliphatic rings. The Bertz CT molecular complexity index is 1020. The van der Waals surface area contributed by atoms with Crippen LogP contribution in [0.3, 0.4) is 0 Å². The van der Waals surface area contributed by atoms with Crippen molar-refractivity contribution in [3.05, 3.63) is 47.3 Å². The molecule has 1 aliphatic heterocycles. The molecule has 2 aromatic heterocycles. The average molecular weight is 362 g/mol. The molecule has 4 rings (SSSR count). The van der Waals surface area contributed by atoms with Crippen molar-refractivity contribution in [2.75, 3.05) is 6.54 Å². The number of benzene rings is 1. The van der Waals surface area contributed by atoms with E-state index in [1.807, 2.05) is 28.0 Å². The lowest BCUT2D eigenvalue weighted by atomic mass is 9.99. The Balaban J connectivity index is 1.93. The smallest absolute Gasteiger partial charge is 0.254 e. The lowest BCUT2D eigenvalue weighted by molar-refractivity contribution is 0.0749. The van der Waals surface area contributed by atoms with Gasteiger partial charge >= 0.3 is 0 Å². The van der Waals surface area contributed by atoms with Crippen LogP contribution in [0.4, 0.5) is 0 Å². The standard InChI is InChI=1S/C22H26N4O/c1-5-25-13-17(12-23-25)20-11-19(22(27)26-8-6-7-16(26)4)18-10-14(2)9-15(3)21(18)24-20/h9-13,16H,5-8H2,1-4H3/t16-/m0/s1. The SMILES string of the molecule is CCn1cc(-c2cc(C(=O)N3CCC[C@@H]3C)c3cc(C)cc(C)c3n2)cn1. The molecule has 27 heavy (non-hydrogen) atoms. The van der Waals surface area contributed by atoms with Crippen LogP contribution in [0.25, 0.3) is 22.2 Å². The van der Waals surface area contributed by atoms with Crippen LogP contribution >= 0.6 is 0 Å². The minimum absolute atomic E-state index is 0.113. The Labute approximate surface area is 160 Å². The van der Waals surface area contributed by atoms with Gasteiger partial charge in [0, 0.05) is 36.3 Å². The topological polar surface area (TPSA) is 51.0 Å². The third-order valence-corrected chi connectivity index (χ3v) is 5.55. The van der Waals surface area contributed by atoms with E-state index in [1.165, 1.54) is 0 Å². The van der Waals surface area contributed by atoms with Gasteiger partial charge in [-0.25, -0.2) is 4.98 Å². The number of nitrogens with zero attached hydrogens (tertiary/aromatic N) is 4. The summed E-state index contributed by atoms with van der Waals surface area (Å²) in [6.07, 6.45) is 5.96. The highest BCUT2D eigenvalue weighted by molar-refractivity contribution is 6.08. The van der Waals surface area contributed by atoms with Gasteiger partial charge < -0.3 is 4.90 Å². The second-order valence-corrected chi connectivity index (χ2v) is 7.61. The van der Waals surface area contributed by atoms with Gasteiger partial charge in [0.25, 0.3) is 5.91 Å². The van der Waals surface area contributed by atoms with Crippen LogP contribution in [0.2, 0.25) is 0 Å². The summed E-state index contributed by atoms with van der Waals surface area (Å²) in [7, 11) is 0. The summed E-state index contributed by atoms with van der Waals surface area (Å²) in [5.41, 5.74) is 5.65. The summed E-state index contributed by atoms with van der Waals surface area (Å²) in [6.45, 7) is 9.96.